The Kier molecular flexibility index (Phi) is 5.45. The number of aryl methyl sites for hydroxylation is 1. The highest BCUT2D eigenvalue weighted by molar-refractivity contribution is 5.76. The Balaban J connectivity index is 1.74. The van der Waals surface area contributed by atoms with Crippen molar-refractivity contribution in [1.82, 2.24) is 5.32 Å². The smallest absolute Gasteiger partial charge is 0.220 e. The Morgan fingerprint density at radius 2 is 2.05 bits per heavy atom. The normalized spacial score (nSPS) is 22.3. The molecule has 0 radical (unpaired) electrons. The summed E-state index contributed by atoms with van der Waals surface area (Å²) in [6, 6.07) is 8.32. The number of carbonyl (C=O) groups is 1. The summed E-state index contributed by atoms with van der Waals surface area (Å²) in [5, 5.41) is 3.17. The van der Waals surface area contributed by atoms with E-state index in [4.69, 9.17) is 4.74 Å². The Morgan fingerprint density at radius 1 is 1.30 bits per heavy atom. The van der Waals surface area contributed by atoms with Crippen LogP contribution in [0.2, 0.25) is 0 Å². The van der Waals surface area contributed by atoms with E-state index in [-0.39, 0.29) is 5.91 Å². The average Bonchev–Trinajstić information content (AvgIpc) is 2.48. The van der Waals surface area contributed by atoms with E-state index in [9.17, 15) is 4.79 Å². The number of amides is 1. The molecule has 1 amide bonds. The minimum atomic E-state index is 0.173. The molecule has 0 atom stereocenters. The lowest BCUT2D eigenvalue weighted by Crippen LogP contribution is -2.37. The maximum atomic E-state index is 12.0. The second-order valence-corrected chi connectivity index (χ2v) is 5.88. The van der Waals surface area contributed by atoms with Gasteiger partial charge >= 0.3 is 0 Å². The van der Waals surface area contributed by atoms with Crippen molar-refractivity contribution in [2.45, 2.75) is 51.5 Å². The first-order chi connectivity index (χ1) is 9.67. The van der Waals surface area contributed by atoms with E-state index < -0.39 is 0 Å². The van der Waals surface area contributed by atoms with Crippen LogP contribution in [0.1, 0.15) is 44.6 Å². The summed E-state index contributed by atoms with van der Waals surface area (Å²) in [6.07, 6.45) is 6.06. The predicted molar refractivity (Wildman–Crippen MR) is 80.9 cm³/mol. The highest BCUT2D eigenvalue weighted by Gasteiger charge is 2.19. The molecule has 1 aliphatic carbocycles. The molecule has 0 unspecified atom stereocenters. The van der Waals surface area contributed by atoms with Crippen LogP contribution in [0.3, 0.4) is 0 Å². The highest BCUT2D eigenvalue weighted by atomic mass is 16.5. The van der Waals surface area contributed by atoms with E-state index in [0.717, 1.165) is 36.5 Å². The number of rotatable bonds is 5. The van der Waals surface area contributed by atoms with E-state index in [2.05, 4.69) is 12.2 Å². The maximum absolute atomic E-state index is 12.0. The third-order valence-electron chi connectivity index (χ3n) is 4.16. The molecular weight excluding hydrogens is 250 g/mol. The molecule has 0 aliphatic heterocycles. The molecule has 2 rings (SSSR count). The largest absolute Gasteiger partial charge is 0.497 e. The van der Waals surface area contributed by atoms with Gasteiger partial charge in [-0.1, -0.05) is 19.1 Å². The van der Waals surface area contributed by atoms with Crippen molar-refractivity contribution in [1.29, 1.82) is 0 Å². The quantitative estimate of drug-likeness (QED) is 0.895. The van der Waals surface area contributed by atoms with E-state index in [1.807, 2.05) is 24.3 Å². The topological polar surface area (TPSA) is 38.3 Å². The highest BCUT2D eigenvalue weighted by Crippen LogP contribution is 2.23. The molecular formula is C17H25NO2. The molecule has 1 aromatic rings. The van der Waals surface area contributed by atoms with Gasteiger partial charge in [-0.2, -0.15) is 0 Å². The lowest BCUT2D eigenvalue weighted by atomic mass is 9.87. The van der Waals surface area contributed by atoms with Crippen LogP contribution in [0.25, 0.3) is 0 Å². The minimum Gasteiger partial charge on any atom is -0.497 e. The fraction of sp³-hybridized carbons (Fsp3) is 0.588. The first kappa shape index (κ1) is 14.9. The molecule has 1 fully saturated rings. The molecule has 0 saturated heterocycles. The number of nitrogens with one attached hydrogen (secondary N) is 1. The number of methoxy groups -OCH3 is 1. The van der Waals surface area contributed by atoms with Crippen molar-refractivity contribution < 1.29 is 9.53 Å². The molecule has 0 spiro atoms. The molecule has 1 saturated carbocycles. The van der Waals surface area contributed by atoms with E-state index in [1.54, 1.807) is 7.11 Å². The van der Waals surface area contributed by atoms with Gasteiger partial charge in [-0.25, -0.2) is 0 Å². The third-order valence-corrected chi connectivity index (χ3v) is 4.16. The van der Waals surface area contributed by atoms with Gasteiger partial charge in [0.05, 0.1) is 7.11 Å². The summed E-state index contributed by atoms with van der Waals surface area (Å²) in [7, 11) is 1.66. The second-order valence-electron chi connectivity index (χ2n) is 5.88. The molecule has 20 heavy (non-hydrogen) atoms. The number of hydrogen-bond donors (Lipinski definition) is 1. The zero-order valence-electron chi connectivity index (χ0n) is 12.5. The van der Waals surface area contributed by atoms with Gasteiger partial charge in [0.15, 0.2) is 0 Å². The lowest BCUT2D eigenvalue weighted by Gasteiger charge is -2.26. The SMILES string of the molecule is COc1cccc(CCC(=O)NC2CCC(C)CC2)c1. The maximum Gasteiger partial charge on any atom is 0.220 e. The molecule has 3 heteroatoms. The summed E-state index contributed by atoms with van der Waals surface area (Å²) < 4.78 is 5.19. The molecule has 1 N–H and O–H groups in total. The molecule has 1 aromatic carbocycles. The van der Waals surface area contributed by atoms with Gasteiger partial charge in [0.1, 0.15) is 5.75 Å². The Morgan fingerprint density at radius 3 is 2.75 bits per heavy atom. The van der Waals surface area contributed by atoms with Crippen molar-refractivity contribution in [3.8, 4) is 5.75 Å². The molecule has 1 aliphatic rings. The van der Waals surface area contributed by atoms with Crippen LogP contribution in [0, 0.1) is 5.92 Å². The first-order valence-electron chi connectivity index (χ1n) is 7.59. The summed E-state index contributed by atoms with van der Waals surface area (Å²) in [5.41, 5.74) is 1.15. The predicted octanol–water partition coefficient (Wildman–Crippen LogP) is 3.32. The molecule has 110 valence electrons. The van der Waals surface area contributed by atoms with Crippen LogP contribution < -0.4 is 10.1 Å². The molecule has 3 nitrogen and oxygen atoms in total. The van der Waals surface area contributed by atoms with Gasteiger partial charge in [0.2, 0.25) is 5.91 Å². The van der Waals surface area contributed by atoms with E-state index in [0.29, 0.717) is 12.5 Å². The summed E-state index contributed by atoms with van der Waals surface area (Å²) in [5.74, 6) is 1.84. The third kappa shape index (κ3) is 4.55. The fourth-order valence-corrected chi connectivity index (χ4v) is 2.79. The summed E-state index contributed by atoms with van der Waals surface area (Å²) in [4.78, 5) is 12.0. The fourth-order valence-electron chi connectivity index (χ4n) is 2.79. The van der Waals surface area contributed by atoms with Crippen molar-refractivity contribution in [2.24, 2.45) is 5.92 Å². The minimum absolute atomic E-state index is 0.173. The zero-order chi connectivity index (χ0) is 14.4. The van der Waals surface area contributed by atoms with Gasteiger partial charge in [-0.3, -0.25) is 4.79 Å². The van der Waals surface area contributed by atoms with E-state index in [1.165, 1.54) is 12.8 Å². The number of carbonyl (C=O) groups excluding carboxylic acids is 1. The Hall–Kier alpha value is -1.51. The van der Waals surface area contributed by atoms with Crippen LogP contribution >= 0.6 is 0 Å². The second kappa shape index (κ2) is 7.32. The standard InChI is InChI=1S/C17H25NO2/c1-13-6-9-15(10-7-13)18-17(19)11-8-14-4-3-5-16(12-14)20-2/h3-5,12-13,15H,6-11H2,1-2H3,(H,18,19). The van der Waals surface area contributed by atoms with Crippen molar-refractivity contribution >= 4 is 5.91 Å². The summed E-state index contributed by atoms with van der Waals surface area (Å²) in [6.45, 7) is 2.29. The Labute approximate surface area is 121 Å². The number of hydrogen-bond acceptors (Lipinski definition) is 2. The monoisotopic (exact) mass is 275 g/mol. The Bertz CT molecular complexity index is 436. The zero-order valence-corrected chi connectivity index (χ0v) is 12.5. The van der Waals surface area contributed by atoms with Crippen LogP contribution in [0.4, 0.5) is 0 Å². The lowest BCUT2D eigenvalue weighted by molar-refractivity contribution is -0.122. The first-order valence-corrected chi connectivity index (χ1v) is 7.59. The van der Waals surface area contributed by atoms with Gasteiger partial charge < -0.3 is 10.1 Å². The van der Waals surface area contributed by atoms with Gasteiger partial charge in [0.25, 0.3) is 0 Å². The van der Waals surface area contributed by atoms with Gasteiger partial charge in [0, 0.05) is 12.5 Å². The molecule has 0 aromatic heterocycles. The van der Waals surface area contributed by atoms with Crippen molar-refractivity contribution in [3.63, 3.8) is 0 Å². The van der Waals surface area contributed by atoms with Crippen molar-refractivity contribution in [2.75, 3.05) is 7.11 Å². The van der Waals surface area contributed by atoms with Crippen molar-refractivity contribution in [3.05, 3.63) is 29.8 Å². The van der Waals surface area contributed by atoms with Crippen LogP contribution in [0.15, 0.2) is 24.3 Å². The molecule has 0 heterocycles. The van der Waals surface area contributed by atoms with E-state index >= 15 is 0 Å². The molecule has 0 bridgehead atoms. The van der Waals surface area contributed by atoms with Crippen LogP contribution in [-0.2, 0) is 11.2 Å². The number of benzene rings is 1. The average molecular weight is 275 g/mol. The van der Waals surface area contributed by atoms with Gasteiger partial charge in [-0.05, 0) is 55.7 Å². The summed E-state index contributed by atoms with van der Waals surface area (Å²) >= 11 is 0. The van der Waals surface area contributed by atoms with Gasteiger partial charge in [-0.15, -0.1) is 0 Å². The number of ether oxygens (including phenoxy) is 1. The van der Waals surface area contributed by atoms with Crippen LogP contribution in [-0.4, -0.2) is 19.1 Å². The van der Waals surface area contributed by atoms with Crippen LogP contribution in [0.5, 0.6) is 5.75 Å².